The molecule has 186 valence electrons. The molecule has 0 spiro atoms. The zero-order valence-corrected chi connectivity index (χ0v) is 22.6. The maximum atomic E-state index is 16.0. The summed E-state index contributed by atoms with van der Waals surface area (Å²) in [4.78, 5) is 0. The van der Waals surface area contributed by atoms with Crippen LogP contribution in [-0.2, 0) is 19.3 Å². The Hall–Kier alpha value is -1.73. The van der Waals surface area contributed by atoms with Gasteiger partial charge in [-0.25, -0.2) is 8.78 Å². The number of hydrogen-bond donors (Lipinski definition) is 0. The highest BCUT2D eigenvalue weighted by atomic mass is 79.9. The van der Waals surface area contributed by atoms with E-state index < -0.39 is 0 Å². The van der Waals surface area contributed by atoms with E-state index in [4.69, 9.17) is 5.26 Å². The van der Waals surface area contributed by atoms with Gasteiger partial charge in [0.1, 0.15) is 11.6 Å². The van der Waals surface area contributed by atoms with E-state index in [2.05, 4.69) is 35.8 Å². The van der Waals surface area contributed by atoms with Crippen LogP contribution in [0.25, 0.3) is 11.1 Å². The summed E-state index contributed by atoms with van der Waals surface area (Å²) in [5.74, 6) is -0.608. The molecule has 0 radical (unpaired) electrons. The minimum absolute atomic E-state index is 0.296. The highest BCUT2D eigenvalue weighted by Crippen LogP contribution is 2.38. The summed E-state index contributed by atoms with van der Waals surface area (Å²) in [7, 11) is 0. The highest BCUT2D eigenvalue weighted by Gasteiger charge is 2.24. The molecule has 1 nitrogen and oxygen atoms in total. The van der Waals surface area contributed by atoms with Crippen LogP contribution in [0.15, 0.2) is 28.7 Å². The summed E-state index contributed by atoms with van der Waals surface area (Å²) in [6.07, 6.45) is 14.6. The third kappa shape index (κ3) is 8.49. The molecule has 0 aliphatic heterocycles. The van der Waals surface area contributed by atoms with Crippen LogP contribution in [0.2, 0.25) is 0 Å². The minimum atomic E-state index is -0.313. The van der Waals surface area contributed by atoms with Crippen molar-refractivity contribution in [1.82, 2.24) is 0 Å². The summed E-state index contributed by atoms with van der Waals surface area (Å²) in [5, 5.41) is 8.96. The van der Waals surface area contributed by atoms with E-state index in [1.807, 2.05) is 24.3 Å². The second-order valence-electron chi connectivity index (χ2n) is 9.34. The average molecular weight is 533 g/mol. The van der Waals surface area contributed by atoms with E-state index in [1.54, 1.807) is 0 Å². The maximum absolute atomic E-state index is 16.0. The fourth-order valence-corrected chi connectivity index (χ4v) is 5.17. The maximum Gasteiger partial charge on any atom is 0.141 e. The van der Waals surface area contributed by atoms with E-state index in [0.717, 1.165) is 44.1 Å². The molecule has 34 heavy (non-hydrogen) atoms. The van der Waals surface area contributed by atoms with Crippen molar-refractivity contribution in [1.29, 1.82) is 5.26 Å². The molecule has 0 fully saturated rings. The van der Waals surface area contributed by atoms with Crippen molar-refractivity contribution in [2.45, 2.75) is 110 Å². The van der Waals surface area contributed by atoms with Crippen LogP contribution < -0.4 is 0 Å². The van der Waals surface area contributed by atoms with Crippen LogP contribution in [0.3, 0.4) is 0 Å². The fourth-order valence-electron chi connectivity index (χ4n) is 4.55. The lowest BCUT2D eigenvalue weighted by Gasteiger charge is -2.18. The van der Waals surface area contributed by atoms with Crippen molar-refractivity contribution in [3.63, 3.8) is 0 Å². The molecule has 4 heteroatoms. The summed E-state index contributed by atoms with van der Waals surface area (Å²) in [5.41, 5.74) is 2.90. The van der Waals surface area contributed by atoms with Crippen LogP contribution in [0.1, 0.15) is 108 Å². The Kier molecular flexibility index (Phi) is 13.4. The molecule has 0 saturated carbocycles. The Morgan fingerprint density at radius 2 is 1.21 bits per heavy atom. The van der Waals surface area contributed by atoms with Gasteiger partial charge in [0, 0.05) is 11.1 Å². The number of nitrogens with zero attached hydrogens (tertiary/aromatic N) is 1. The molecule has 0 N–H and O–H groups in total. The highest BCUT2D eigenvalue weighted by molar-refractivity contribution is 9.10. The fraction of sp³-hybridized carbons (Fsp3) is 0.567. The molecule has 0 aliphatic rings. The Morgan fingerprint density at radius 3 is 1.74 bits per heavy atom. The average Bonchev–Trinajstić information content (AvgIpc) is 2.84. The number of halogens is 3. The minimum Gasteiger partial charge on any atom is -0.206 e. The third-order valence-electron chi connectivity index (χ3n) is 6.60. The van der Waals surface area contributed by atoms with Gasteiger partial charge in [-0.3, -0.25) is 0 Å². The molecule has 0 aliphatic carbocycles. The van der Waals surface area contributed by atoms with Crippen molar-refractivity contribution in [2.24, 2.45) is 0 Å². The second-order valence-corrected chi connectivity index (χ2v) is 10.1. The molecular formula is C30H40BrF2N. The zero-order chi connectivity index (χ0) is 24.8. The Morgan fingerprint density at radius 1 is 0.706 bits per heavy atom. The number of benzene rings is 2. The smallest absolute Gasteiger partial charge is 0.141 e. The SMILES string of the molecule is CCCCCCCCc1c(F)c(-c2ccc(CC#N)cc2)c(CCCCCCCC)c(F)c1Br. The van der Waals surface area contributed by atoms with Gasteiger partial charge in [0.2, 0.25) is 0 Å². The van der Waals surface area contributed by atoms with Crippen LogP contribution >= 0.6 is 15.9 Å². The molecule has 2 rings (SSSR count). The molecule has 2 aromatic rings. The summed E-state index contributed by atoms with van der Waals surface area (Å²) in [6.45, 7) is 4.38. The van der Waals surface area contributed by atoms with Crippen LogP contribution in [-0.4, -0.2) is 0 Å². The largest absolute Gasteiger partial charge is 0.206 e. The van der Waals surface area contributed by atoms with E-state index >= 15 is 8.78 Å². The van der Waals surface area contributed by atoms with Gasteiger partial charge in [-0.15, -0.1) is 0 Å². The molecular weight excluding hydrogens is 492 g/mol. The van der Waals surface area contributed by atoms with Crippen LogP contribution in [0.4, 0.5) is 8.78 Å². The summed E-state index contributed by atoms with van der Waals surface area (Å²) >= 11 is 3.41. The lowest BCUT2D eigenvalue weighted by Crippen LogP contribution is -2.06. The monoisotopic (exact) mass is 531 g/mol. The number of unbranched alkanes of at least 4 members (excludes halogenated alkanes) is 10. The van der Waals surface area contributed by atoms with Gasteiger partial charge in [0.05, 0.1) is 17.0 Å². The summed E-state index contributed by atoms with van der Waals surface area (Å²) < 4.78 is 31.9. The van der Waals surface area contributed by atoms with Gasteiger partial charge in [0.15, 0.2) is 0 Å². The van der Waals surface area contributed by atoms with Gasteiger partial charge < -0.3 is 0 Å². The van der Waals surface area contributed by atoms with E-state index in [-0.39, 0.29) is 11.6 Å². The van der Waals surface area contributed by atoms with Crippen molar-refractivity contribution < 1.29 is 8.78 Å². The lowest BCUT2D eigenvalue weighted by molar-refractivity contribution is 0.548. The molecule has 0 unspecified atom stereocenters. The van der Waals surface area contributed by atoms with Crippen molar-refractivity contribution >= 4 is 15.9 Å². The number of nitriles is 1. The van der Waals surface area contributed by atoms with Gasteiger partial charge in [0.25, 0.3) is 0 Å². The van der Waals surface area contributed by atoms with E-state index in [0.29, 0.717) is 46.0 Å². The molecule has 0 amide bonds. The van der Waals surface area contributed by atoms with E-state index in [1.165, 1.54) is 38.5 Å². The predicted molar refractivity (Wildman–Crippen MR) is 143 cm³/mol. The topological polar surface area (TPSA) is 23.8 Å². The lowest BCUT2D eigenvalue weighted by atomic mass is 9.90. The molecule has 0 atom stereocenters. The van der Waals surface area contributed by atoms with Crippen LogP contribution in [0, 0.1) is 23.0 Å². The van der Waals surface area contributed by atoms with Crippen molar-refractivity contribution in [2.75, 3.05) is 0 Å². The molecule has 0 saturated heterocycles. The third-order valence-corrected chi connectivity index (χ3v) is 7.42. The first-order valence-corrected chi connectivity index (χ1v) is 14.0. The van der Waals surface area contributed by atoms with Gasteiger partial charge in [-0.2, -0.15) is 5.26 Å². The Bertz CT molecular complexity index is 915. The Labute approximate surface area is 214 Å². The standard InChI is InChI=1S/C30H40BrF2N/c1-3-5-7-9-11-13-15-25-27(24-19-17-23(18-20-24)21-22-34)29(32)26(28(31)30(25)33)16-14-12-10-8-6-4-2/h17-20H,3-16,21H2,1-2H3. The molecule has 0 bridgehead atoms. The second kappa shape index (κ2) is 16.0. The first-order valence-electron chi connectivity index (χ1n) is 13.2. The predicted octanol–water partition coefficient (Wildman–Crippen LogP) is 10.3. The molecule has 0 aromatic heterocycles. The summed E-state index contributed by atoms with van der Waals surface area (Å²) in [6, 6.07) is 9.50. The van der Waals surface area contributed by atoms with Crippen LogP contribution in [0.5, 0.6) is 0 Å². The molecule has 0 heterocycles. The normalized spacial score (nSPS) is 11.1. The first kappa shape index (κ1) is 28.5. The molecule has 2 aromatic carbocycles. The van der Waals surface area contributed by atoms with Gasteiger partial charge >= 0.3 is 0 Å². The van der Waals surface area contributed by atoms with Crippen molar-refractivity contribution in [3.05, 3.63) is 57.1 Å². The van der Waals surface area contributed by atoms with Gasteiger partial charge in [-0.1, -0.05) is 102 Å². The number of rotatable bonds is 16. The first-order chi connectivity index (χ1) is 16.5. The zero-order valence-electron chi connectivity index (χ0n) is 21.0. The number of hydrogen-bond acceptors (Lipinski definition) is 1. The van der Waals surface area contributed by atoms with Crippen molar-refractivity contribution in [3.8, 4) is 17.2 Å². The quantitative estimate of drug-likeness (QED) is 0.156. The Balaban J connectivity index is 2.30. The van der Waals surface area contributed by atoms with Gasteiger partial charge in [-0.05, 0) is 58.3 Å². The van der Waals surface area contributed by atoms with E-state index in [9.17, 15) is 0 Å².